The number of nitrogens with one attached hydrogen (secondary N) is 1. The van der Waals surface area contributed by atoms with E-state index in [0.717, 1.165) is 5.56 Å². The fraction of sp³-hybridized carbons (Fsp3) is 0.294. The van der Waals surface area contributed by atoms with Crippen LogP contribution in [0.1, 0.15) is 18.5 Å². The van der Waals surface area contributed by atoms with Crippen molar-refractivity contribution in [1.29, 1.82) is 0 Å². The summed E-state index contributed by atoms with van der Waals surface area (Å²) in [4.78, 5) is 10.1. The Hall–Kier alpha value is -1.86. The molecule has 0 amide bonds. The quantitative estimate of drug-likeness (QED) is 0.530. The summed E-state index contributed by atoms with van der Waals surface area (Å²) >= 11 is 11.9. The lowest BCUT2D eigenvalue weighted by Gasteiger charge is -2.18. The molecular formula is C17H18Cl2N2O4. The summed E-state index contributed by atoms with van der Waals surface area (Å²) in [7, 11) is 0. The highest BCUT2D eigenvalue weighted by Crippen LogP contribution is 2.25. The van der Waals surface area contributed by atoms with E-state index in [0.29, 0.717) is 22.3 Å². The SMILES string of the molecule is CC(NCC(O)COc1ccc([N+](=O)[O-])cc1)c1ccc(Cl)c(Cl)c1. The second-order valence-electron chi connectivity index (χ2n) is 5.52. The average molecular weight is 385 g/mol. The van der Waals surface area contributed by atoms with Crippen molar-refractivity contribution in [2.24, 2.45) is 0 Å². The maximum absolute atomic E-state index is 10.6. The van der Waals surface area contributed by atoms with Gasteiger partial charge in [-0.25, -0.2) is 0 Å². The molecule has 0 radical (unpaired) electrons. The molecule has 2 rings (SSSR count). The van der Waals surface area contributed by atoms with Crippen molar-refractivity contribution in [2.45, 2.75) is 19.1 Å². The zero-order valence-electron chi connectivity index (χ0n) is 13.5. The Morgan fingerprint density at radius 2 is 1.88 bits per heavy atom. The minimum Gasteiger partial charge on any atom is -0.491 e. The third kappa shape index (κ3) is 5.86. The number of nitro groups is 1. The van der Waals surface area contributed by atoms with Gasteiger partial charge in [-0.15, -0.1) is 0 Å². The van der Waals surface area contributed by atoms with E-state index in [1.807, 2.05) is 13.0 Å². The number of halogens is 2. The van der Waals surface area contributed by atoms with Crippen LogP contribution in [0.2, 0.25) is 10.0 Å². The summed E-state index contributed by atoms with van der Waals surface area (Å²) in [5.41, 5.74) is 0.947. The van der Waals surface area contributed by atoms with Crippen LogP contribution in [-0.4, -0.2) is 29.3 Å². The summed E-state index contributed by atoms with van der Waals surface area (Å²) < 4.78 is 5.42. The molecule has 0 fully saturated rings. The van der Waals surface area contributed by atoms with E-state index in [1.165, 1.54) is 24.3 Å². The molecule has 6 nitrogen and oxygen atoms in total. The molecular weight excluding hydrogens is 367 g/mol. The lowest BCUT2D eigenvalue weighted by Crippen LogP contribution is -2.33. The average Bonchev–Trinajstić information content (AvgIpc) is 2.60. The predicted molar refractivity (Wildman–Crippen MR) is 97.5 cm³/mol. The Balaban J connectivity index is 1.78. The zero-order chi connectivity index (χ0) is 18.4. The summed E-state index contributed by atoms with van der Waals surface area (Å²) in [6.07, 6.45) is -0.736. The van der Waals surface area contributed by atoms with E-state index in [2.05, 4.69) is 5.32 Å². The first-order valence-corrected chi connectivity index (χ1v) is 8.36. The van der Waals surface area contributed by atoms with Gasteiger partial charge in [0.15, 0.2) is 0 Å². The van der Waals surface area contributed by atoms with E-state index >= 15 is 0 Å². The number of non-ortho nitro benzene ring substituents is 1. The van der Waals surface area contributed by atoms with E-state index < -0.39 is 11.0 Å². The highest BCUT2D eigenvalue weighted by atomic mass is 35.5. The van der Waals surface area contributed by atoms with Crippen LogP contribution in [-0.2, 0) is 0 Å². The van der Waals surface area contributed by atoms with Gasteiger partial charge in [0.25, 0.3) is 5.69 Å². The van der Waals surface area contributed by atoms with Crippen LogP contribution in [0, 0.1) is 10.1 Å². The molecule has 0 bridgehead atoms. The maximum atomic E-state index is 10.6. The molecule has 2 aromatic rings. The van der Waals surface area contributed by atoms with E-state index in [4.69, 9.17) is 27.9 Å². The third-order valence-corrected chi connectivity index (χ3v) is 4.33. The molecule has 2 atom stereocenters. The maximum Gasteiger partial charge on any atom is 0.269 e. The van der Waals surface area contributed by atoms with E-state index in [-0.39, 0.29) is 18.3 Å². The van der Waals surface area contributed by atoms with Gasteiger partial charge in [-0.05, 0) is 36.8 Å². The summed E-state index contributed by atoms with van der Waals surface area (Å²) in [5, 5.41) is 24.8. The number of hydrogen-bond acceptors (Lipinski definition) is 5. The molecule has 0 aliphatic heterocycles. The number of aliphatic hydroxyl groups excluding tert-OH is 1. The zero-order valence-corrected chi connectivity index (χ0v) is 15.0. The number of rotatable bonds is 8. The van der Waals surface area contributed by atoms with Gasteiger partial charge in [0.05, 0.1) is 15.0 Å². The van der Waals surface area contributed by atoms with Gasteiger partial charge in [-0.2, -0.15) is 0 Å². The van der Waals surface area contributed by atoms with Gasteiger partial charge in [-0.3, -0.25) is 10.1 Å². The molecule has 0 spiro atoms. The fourth-order valence-electron chi connectivity index (χ4n) is 2.13. The largest absolute Gasteiger partial charge is 0.491 e. The molecule has 0 saturated carbocycles. The van der Waals surface area contributed by atoms with Crippen LogP contribution in [0.5, 0.6) is 5.75 Å². The second kappa shape index (κ2) is 9.01. The van der Waals surface area contributed by atoms with Crippen molar-refractivity contribution < 1.29 is 14.8 Å². The smallest absolute Gasteiger partial charge is 0.269 e. The number of hydrogen-bond donors (Lipinski definition) is 2. The first-order valence-electron chi connectivity index (χ1n) is 7.60. The van der Waals surface area contributed by atoms with Crippen LogP contribution < -0.4 is 10.1 Å². The summed E-state index contributed by atoms with van der Waals surface area (Å²) in [5.74, 6) is 0.460. The van der Waals surface area contributed by atoms with Crippen LogP contribution in [0.25, 0.3) is 0 Å². The van der Waals surface area contributed by atoms with Crippen LogP contribution in [0.3, 0.4) is 0 Å². The molecule has 8 heteroatoms. The van der Waals surface area contributed by atoms with Crippen LogP contribution in [0.4, 0.5) is 5.69 Å². The minimum atomic E-state index is -0.736. The Morgan fingerprint density at radius 3 is 2.48 bits per heavy atom. The molecule has 0 aliphatic rings. The molecule has 0 aromatic heterocycles. The summed E-state index contributed by atoms with van der Waals surface area (Å²) in [6, 6.07) is 11.0. The standard InChI is InChI=1S/C17H18Cl2N2O4/c1-11(12-2-7-16(18)17(19)8-12)20-9-14(22)10-25-15-5-3-13(4-6-15)21(23)24/h2-8,11,14,20,22H,9-10H2,1H3. The molecule has 134 valence electrons. The molecule has 0 saturated heterocycles. The van der Waals surface area contributed by atoms with Crippen molar-refractivity contribution in [1.82, 2.24) is 5.32 Å². The van der Waals surface area contributed by atoms with Gasteiger partial charge in [0.2, 0.25) is 0 Å². The van der Waals surface area contributed by atoms with Crippen molar-refractivity contribution in [2.75, 3.05) is 13.2 Å². The minimum absolute atomic E-state index is 0.00925. The van der Waals surface area contributed by atoms with Crippen molar-refractivity contribution in [3.63, 3.8) is 0 Å². The monoisotopic (exact) mass is 384 g/mol. The second-order valence-corrected chi connectivity index (χ2v) is 6.33. The first kappa shape index (κ1) is 19.5. The number of ether oxygens (including phenoxy) is 1. The normalized spacial score (nSPS) is 13.3. The van der Waals surface area contributed by atoms with Crippen LogP contribution in [0.15, 0.2) is 42.5 Å². The third-order valence-electron chi connectivity index (χ3n) is 3.59. The van der Waals surface area contributed by atoms with Gasteiger partial charge in [0.1, 0.15) is 18.5 Å². The fourth-order valence-corrected chi connectivity index (χ4v) is 2.43. The van der Waals surface area contributed by atoms with Crippen LogP contribution >= 0.6 is 23.2 Å². The summed E-state index contributed by atoms with van der Waals surface area (Å²) in [6.45, 7) is 2.33. The Bertz CT molecular complexity index is 725. The molecule has 0 aliphatic carbocycles. The van der Waals surface area contributed by atoms with E-state index in [1.54, 1.807) is 12.1 Å². The molecule has 0 heterocycles. The molecule has 2 unspecified atom stereocenters. The first-order chi connectivity index (χ1) is 11.9. The van der Waals surface area contributed by atoms with Gasteiger partial charge in [0, 0.05) is 24.7 Å². The lowest BCUT2D eigenvalue weighted by molar-refractivity contribution is -0.384. The molecule has 2 N–H and O–H groups in total. The number of benzene rings is 2. The number of aliphatic hydroxyl groups is 1. The predicted octanol–water partition coefficient (Wildman–Crippen LogP) is 3.99. The number of nitro benzene ring substituents is 1. The Morgan fingerprint density at radius 1 is 1.20 bits per heavy atom. The van der Waals surface area contributed by atoms with Crippen molar-refractivity contribution >= 4 is 28.9 Å². The molecule has 2 aromatic carbocycles. The van der Waals surface area contributed by atoms with Crippen molar-refractivity contribution in [3.8, 4) is 5.75 Å². The van der Waals surface area contributed by atoms with E-state index in [9.17, 15) is 15.2 Å². The highest BCUT2D eigenvalue weighted by Gasteiger charge is 2.11. The number of nitrogens with zero attached hydrogens (tertiary/aromatic N) is 1. The van der Waals surface area contributed by atoms with Gasteiger partial charge >= 0.3 is 0 Å². The van der Waals surface area contributed by atoms with Gasteiger partial charge in [-0.1, -0.05) is 29.3 Å². The lowest BCUT2D eigenvalue weighted by atomic mass is 10.1. The molecule has 25 heavy (non-hydrogen) atoms. The van der Waals surface area contributed by atoms with Gasteiger partial charge < -0.3 is 15.2 Å². The van der Waals surface area contributed by atoms with Crippen molar-refractivity contribution in [3.05, 3.63) is 68.2 Å². The highest BCUT2D eigenvalue weighted by molar-refractivity contribution is 6.42. The Labute approximate surface area is 155 Å². The Kier molecular flexibility index (Phi) is 7.01. The topological polar surface area (TPSA) is 84.6 Å².